The van der Waals surface area contributed by atoms with Crippen LogP contribution < -0.4 is 10.6 Å². The Morgan fingerprint density at radius 2 is 2.06 bits per heavy atom. The van der Waals surface area contributed by atoms with E-state index in [1.165, 1.54) is 0 Å². The van der Waals surface area contributed by atoms with Gasteiger partial charge in [-0.1, -0.05) is 13.8 Å². The summed E-state index contributed by atoms with van der Waals surface area (Å²) in [7, 11) is 0. The summed E-state index contributed by atoms with van der Waals surface area (Å²) in [5.41, 5.74) is -0.762. The molecule has 0 aromatic heterocycles. The summed E-state index contributed by atoms with van der Waals surface area (Å²) in [4.78, 5) is 22.3. The van der Waals surface area contributed by atoms with E-state index in [1.54, 1.807) is 0 Å². The number of carbonyl (C=O) groups is 2. The van der Waals surface area contributed by atoms with Gasteiger partial charge in [-0.25, -0.2) is 0 Å². The maximum Gasteiger partial charge on any atom is 0.243 e. The number of hydrogen-bond donors (Lipinski definition) is 3. The molecule has 16 heavy (non-hydrogen) atoms. The van der Waals surface area contributed by atoms with E-state index in [0.29, 0.717) is 32.2 Å². The molecule has 1 aliphatic rings. The van der Waals surface area contributed by atoms with E-state index in [0.717, 1.165) is 0 Å². The Bertz CT molecular complexity index is 274. The minimum absolute atomic E-state index is 0.218. The van der Waals surface area contributed by atoms with Gasteiger partial charge < -0.3 is 10.4 Å². The number of hydrogen-bond acceptors (Lipinski definition) is 4. The molecular weight excluding hydrogens is 208 g/mol. The highest BCUT2D eigenvalue weighted by Crippen LogP contribution is 2.14. The Hall–Kier alpha value is -0.940. The van der Waals surface area contributed by atoms with Crippen molar-refractivity contribution in [1.29, 1.82) is 0 Å². The van der Waals surface area contributed by atoms with Crippen LogP contribution in [0.2, 0.25) is 0 Å². The second-order valence-corrected chi connectivity index (χ2v) is 4.32. The van der Waals surface area contributed by atoms with Crippen molar-refractivity contribution in [2.24, 2.45) is 0 Å². The number of amides is 2. The van der Waals surface area contributed by atoms with Gasteiger partial charge in [-0.3, -0.25) is 14.9 Å². The molecule has 0 saturated carbocycles. The fourth-order valence-corrected chi connectivity index (χ4v) is 1.70. The number of imide groups is 1. The molecular formula is C11H20N2O3. The van der Waals surface area contributed by atoms with Gasteiger partial charge in [-0.15, -0.1) is 0 Å². The Labute approximate surface area is 95.6 Å². The highest BCUT2D eigenvalue weighted by molar-refractivity contribution is 6.00. The molecule has 1 rings (SSSR count). The number of aliphatic hydroxyl groups is 1. The van der Waals surface area contributed by atoms with Crippen LogP contribution in [0.1, 0.15) is 39.5 Å². The quantitative estimate of drug-likeness (QED) is 0.576. The van der Waals surface area contributed by atoms with Gasteiger partial charge in [-0.05, 0) is 19.3 Å². The molecule has 1 heterocycles. The molecule has 3 N–H and O–H groups in total. The predicted molar refractivity (Wildman–Crippen MR) is 59.7 cm³/mol. The molecule has 92 valence electrons. The zero-order chi connectivity index (χ0) is 12.2. The number of nitrogens with one attached hydrogen (secondary N) is 2. The Morgan fingerprint density at radius 1 is 1.44 bits per heavy atom. The largest absolute Gasteiger partial charge is 0.389 e. The minimum atomic E-state index is -0.762. The Morgan fingerprint density at radius 3 is 2.56 bits per heavy atom. The number of rotatable bonds is 5. The Balaban J connectivity index is 2.43. The van der Waals surface area contributed by atoms with Gasteiger partial charge in [0.05, 0.1) is 11.6 Å². The minimum Gasteiger partial charge on any atom is -0.389 e. The third-order valence-corrected chi connectivity index (χ3v) is 3.23. The number of piperidine rings is 1. The highest BCUT2D eigenvalue weighted by Gasteiger charge is 2.29. The SMILES string of the molecule is CCC(O)(CC)CNC1CCC(=O)NC1=O. The summed E-state index contributed by atoms with van der Waals surface area (Å²) in [5, 5.41) is 15.3. The summed E-state index contributed by atoms with van der Waals surface area (Å²) in [6.45, 7) is 4.21. The van der Waals surface area contributed by atoms with E-state index >= 15 is 0 Å². The lowest BCUT2D eigenvalue weighted by molar-refractivity contribution is -0.134. The van der Waals surface area contributed by atoms with E-state index in [2.05, 4.69) is 10.6 Å². The lowest BCUT2D eigenvalue weighted by Gasteiger charge is -2.29. The van der Waals surface area contributed by atoms with Crippen molar-refractivity contribution in [1.82, 2.24) is 10.6 Å². The molecule has 5 nitrogen and oxygen atoms in total. The fraction of sp³-hybridized carbons (Fsp3) is 0.818. The first-order valence-electron chi connectivity index (χ1n) is 5.80. The van der Waals surface area contributed by atoms with Crippen molar-refractivity contribution in [2.45, 2.75) is 51.2 Å². The van der Waals surface area contributed by atoms with Crippen LogP contribution in [0.15, 0.2) is 0 Å². The van der Waals surface area contributed by atoms with Crippen molar-refractivity contribution in [2.75, 3.05) is 6.54 Å². The molecule has 0 spiro atoms. The van der Waals surface area contributed by atoms with E-state index < -0.39 is 5.60 Å². The van der Waals surface area contributed by atoms with Crippen LogP contribution in [0.25, 0.3) is 0 Å². The second-order valence-electron chi connectivity index (χ2n) is 4.32. The van der Waals surface area contributed by atoms with Gasteiger partial charge in [-0.2, -0.15) is 0 Å². The van der Waals surface area contributed by atoms with Crippen molar-refractivity contribution in [3.8, 4) is 0 Å². The van der Waals surface area contributed by atoms with E-state index in [1.807, 2.05) is 13.8 Å². The topological polar surface area (TPSA) is 78.4 Å². The summed E-state index contributed by atoms with van der Waals surface area (Å²) >= 11 is 0. The molecule has 0 bridgehead atoms. The van der Waals surface area contributed by atoms with Crippen LogP contribution >= 0.6 is 0 Å². The fourth-order valence-electron chi connectivity index (χ4n) is 1.70. The monoisotopic (exact) mass is 228 g/mol. The van der Waals surface area contributed by atoms with Crippen molar-refractivity contribution >= 4 is 11.8 Å². The van der Waals surface area contributed by atoms with E-state index in [9.17, 15) is 14.7 Å². The molecule has 0 aliphatic carbocycles. The van der Waals surface area contributed by atoms with Gasteiger partial charge in [0.2, 0.25) is 11.8 Å². The first kappa shape index (κ1) is 13.1. The van der Waals surface area contributed by atoms with Gasteiger partial charge in [0.1, 0.15) is 0 Å². The zero-order valence-corrected chi connectivity index (χ0v) is 9.88. The smallest absolute Gasteiger partial charge is 0.243 e. The van der Waals surface area contributed by atoms with Gasteiger partial charge in [0.15, 0.2) is 0 Å². The molecule has 1 atom stereocenters. The standard InChI is InChI=1S/C11H20N2O3/c1-3-11(16,4-2)7-12-8-5-6-9(14)13-10(8)15/h8,12,16H,3-7H2,1-2H3,(H,13,14,15). The zero-order valence-electron chi connectivity index (χ0n) is 9.88. The molecule has 5 heteroatoms. The van der Waals surface area contributed by atoms with Gasteiger partial charge in [0, 0.05) is 13.0 Å². The molecule has 2 amide bonds. The first-order valence-corrected chi connectivity index (χ1v) is 5.80. The van der Waals surface area contributed by atoms with Crippen LogP contribution in [-0.2, 0) is 9.59 Å². The average Bonchev–Trinajstić information content (AvgIpc) is 2.27. The van der Waals surface area contributed by atoms with Crippen LogP contribution in [0, 0.1) is 0 Å². The van der Waals surface area contributed by atoms with Crippen molar-refractivity contribution < 1.29 is 14.7 Å². The van der Waals surface area contributed by atoms with Crippen LogP contribution in [0.5, 0.6) is 0 Å². The molecule has 1 fully saturated rings. The third-order valence-electron chi connectivity index (χ3n) is 3.23. The lowest BCUT2D eigenvalue weighted by atomic mass is 9.96. The van der Waals surface area contributed by atoms with Crippen LogP contribution in [0.4, 0.5) is 0 Å². The third kappa shape index (κ3) is 3.28. The summed E-state index contributed by atoms with van der Waals surface area (Å²) in [5.74, 6) is -0.505. The maximum absolute atomic E-state index is 11.4. The highest BCUT2D eigenvalue weighted by atomic mass is 16.3. The van der Waals surface area contributed by atoms with Crippen LogP contribution in [0.3, 0.4) is 0 Å². The van der Waals surface area contributed by atoms with Crippen molar-refractivity contribution in [3.05, 3.63) is 0 Å². The predicted octanol–water partition coefficient (Wildman–Crippen LogP) is -0.0677. The second kappa shape index (κ2) is 5.41. The van der Waals surface area contributed by atoms with Crippen LogP contribution in [-0.4, -0.2) is 35.1 Å². The summed E-state index contributed by atoms with van der Waals surface area (Å²) < 4.78 is 0. The molecule has 1 unspecified atom stereocenters. The molecule has 1 saturated heterocycles. The average molecular weight is 228 g/mol. The molecule has 0 aromatic rings. The summed E-state index contributed by atoms with van der Waals surface area (Å²) in [6.07, 6.45) is 2.15. The number of carbonyl (C=O) groups excluding carboxylic acids is 2. The van der Waals surface area contributed by atoms with Crippen molar-refractivity contribution in [3.63, 3.8) is 0 Å². The van der Waals surface area contributed by atoms with Gasteiger partial charge >= 0.3 is 0 Å². The molecule has 0 aromatic carbocycles. The van der Waals surface area contributed by atoms with E-state index in [4.69, 9.17) is 0 Å². The lowest BCUT2D eigenvalue weighted by Crippen LogP contribution is -2.54. The molecule has 0 radical (unpaired) electrons. The normalized spacial score (nSPS) is 22.1. The Kier molecular flexibility index (Phi) is 4.44. The first-order chi connectivity index (χ1) is 7.50. The molecule has 1 aliphatic heterocycles. The summed E-state index contributed by atoms with van der Waals surface area (Å²) in [6, 6.07) is -0.359. The van der Waals surface area contributed by atoms with Gasteiger partial charge in [0.25, 0.3) is 0 Å². The van der Waals surface area contributed by atoms with E-state index in [-0.39, 0.29) is 17.9 Å². The maximum atomic E-state index is 11.4.